The Labute approximate surface area is 179 Å². The van der Waals surface area contributed by atoms with Gasteiger partial charge in [-0.2, -0.15) is 0 Å². The van der Waals surface area contributed by atoms with Crippen molar-refractivity contribution in [3.8, 4) is 0 Å². The molecule has 27 heavy (non-hydrogen) atoms. The van der Waals surface area contributed by atoms with Crippen LogP contribution in [0.15, 0.2) is 29.3 Å². The average Bonchev–Trinajstić information content (AvgIpc) is 3.06. The van der Waals surface area contributed by atoms with Gasteiger partial charge in [-0.3, -0.25) is 14.7 Å². The van der Waals surface area contributed by atoms with E-state index in [1.54, 1.807) is 7.05 Å². The minimum absolute atomic E-state index is 0. The van der Waals surface area contributed by atoms with Gasteiger partial charge in [-0.25, -0.2) is 0 Å². The molecule has 0 saturated carbocycles. The lowest BCUT2D eigenvalue weighted by molar-refractivity contribution is -0.145. The molecule has 0 aromatic heterocycles. The first-order valence-electron chi connectivity index (χ1n) is 9.45. The molecule has 2 unspecified atom stereocenters. The molecule has 3 rings (SSSR count). The van der Waals surface area contributed by atoms with E-state index >= 15 is 0 Å². The van der Waals surface area contributed by atoms with Gasteiger partial charge >= 0.3 is 5.97 Å². The number of carbonyl (C=O) groups is 1. The number of methoxy groups -OCH3 is 1. The van der Waals surface area contributed by atoms with E-state index in [1.165, 1.54) is 18.2 Å². The maximum Gasteiger partial charge on any atom is 0.310 e. The fourth-order valence-corrected chi connectivity index (χ4v) is 4.00. The summed E-state index contributed by atoms with van der Waals surface area (Å²) in [5.41, 5.74) is 2.92. The molecule has 2 atom stereocenters. The number of ether oxygens (including phenoxy) is 1. The van der Waals surface area contributed by atoms with Crippen LogP contribution in [0, 0.1) is 11.8 Å². The second kappa shape index (κ2) is 10.3. The first kappa shape index (κ1) is 21.9. The van der Waals surface area contributed by atoms with E-state index in [0.29, 0.717) is 6.54 Å². The number of likely N-dealkylation sites (tertiary alicyclic amines) is 1. The summed E-state index contributed by atoms with van der Waals surface area (Å²) in [6, 6.07) is 8.71. The van der Waals surface area contributed by atoms with Gasteiger partial charge in [-0.05, 0) is 23.5 Å². The van der Waals surface area contributed by atoms with E-state index in [4.69, 9.17) is 4.74 Å². The second-order valence-electron chi connectivity index (χ2n) is 7.28. The topological polar surface area (TPSA) is 57.2 Å². The van der Waals surface area contributed by atoms with Crippen LogP contribution < -0.4 is 5.32 Å². The first-order chi connectivity index (χ1) is 12.6. The van der Waals surface area contributed by atoms with Crippen LogP contribution >= 0.6 is 24.0 Å². The quantitative estimate of drug-likeness (QED) is 0.306. The highest BCUT2D eigenvalue weighted by molar-refractivity contribution is 14.0. The molecule has 0 amide bonds. The van der Waals surface area contributed by atoms with Crippen LogP contribution in [0.2, 0.25) is 0 Å². The van der Waals surface area contributed by atoms with Crippen molar-refractivity contribution in [1.29, 1.82) is 0 Å². The second-order valence-corrected chi connectivity index (χ2v) is 7.28. The Bertz CT molecular complexity index is 667. The summed E-state index contributed by atoms with van der Waals surface area (Å²) in [7, 11) is 3.26. The summed E-state index contributed by atoms with van der Waals surface area (Å²) in [5.74, 6) is 0.958. The van der Waals surface area contributed by atoms with Crippen LogP contribution in [0.3, 0.4) is 0 Å². The van der Waals surface area contributed by atoms with Crippen LogP contribution in [-0.2, 0) is 22.5 Å². The van der Waals surface area contributed by atoms with Gasteiger partial charge in [0.15, 0.2) is 5.96 Å². The third kappa shape index (κ3) is 5.34. The molecule has 0 radical (unpaired) electrons. The number of fused-ring (bicyclic) bond motifs is 1. The summed E-state index contributed by atoms with van der Waals surface area (Å²) in [4.78, 5) is 20.9. The SMILES string of the molecule is CN=C(NCCN1CCc2ccccc2C1)N1CC(C)C(C(=O)OC)C1.I. The van der Waals surface area contributed by atoms with Gasteiger partial charge in [-0.15, -0.1) is 24.0 Å². The van der Waals surface area contributed by atoms with Crippen LogP contribution in [0.25, 0.3) is 0 Å². The Balaban J connectivity index is 0.00000261. The molecule has 0 spiro atoms. The predicted molar refractivity (Wildman–Crippen MR) is 118 cm³/mol. The third-order valence-electron chi connectivity index (χ3n) is 5.55. The molecule has 2 aliphatic heterocycles. The lowest BCUT2D eigenvalue weighted by Crippen LogP contribution is -2.44. The molecule has 1 N–H and O–H groups in total. The summed E-state index contributed by atoms with van der Waals surface area (Å²) in [6.07, 6.45) is 1.12. The van der Waals surface area contributed by atoms with Crippen molar-refractivity contribution in [2.45, 2.75) is 19.9 Å². The van der Waals surface area contributed by atoms with Gasteiger partial charge in [-0.1, -0.05) is 31.2 Å². The molecule has 2 aliphatic rings. The van der Waals surface area contributed by atoms with Crippen molar-refractivity contribution in [2.24, 2.45) is 16.8 Å². The van der Waals surface area contributed by atoms with E-state index < -0.39 is 0 Å². The van der Waals surface area contributed by atoms with Crippen molar-refractivity contribution in [2.75, 3.05) is 46.9 Å². The Morgan fingerprint density at radius 2 is 2.04 bits per heavy atom. The van der Waals surface area contributed by atoms with Crippen molar-refractivity contribution in [1.82, 2.24) is 15.1 Å². The highest BCUT2D eigenvalue weighted by Crippen LogP contribution is 2.24. The lowest BCUT2D eigenvalue weighted by atomic mass is 9.99. The number of esters is 1. The number of benzene rings is 1. The molecule has 7 heteroatoms. The summed E-state index contributed by atoms with van der Waals surface area (Å²) < 4.78 is 4.92. The molecular weight excluding hydrogens is 455 g/mol. The zero-order valence-corrected chi connectivity index (χ0v) is 18.8. The molecule has 0 bridgehead atoms. The van der Waals surface area contributed by atoms with Crippen molar-refractivity contribution in [3.05, 3.63) is 35.4 Å². The Morgan fingerprint density at radius 1 is 1.30 bits per heavy atom. The van der Waals surface area contributed by atoms with Gasteiger partial charge in [0.25, 0.3) is 0 Å². The summed E-state index contributed by atoms with van der Waals surface area (Å²) >= 11 is 0. The van der Waals surface area contributed by atoms with Crippen LogP contribution in [0.5, 0.6) is 0 Å². The fraction of sp³-hybridized carbons (Fsp3) is 0.600. The molecule has 1 fully saturated rings. The summed E-state index contributed by atoms with van der Waals surface area (Å²) in [5, 5.41) is 3.46. The number of guanidine groups is 1. The van der Waals surface area contributed by atoms with E-state index in [9.17, 15) is 4.79 Å². The Kier molecular flexibility index (Phi) is 8.34. The van der Waals surface area contributed by atoms with Gasteiger partial charge < -0.3 is 15.0 Å². The molecule has 1 saturated heterocycles. The maximum atomic E-state index is 11.9. The molecule has 150 valence electrons. The van der Waals surface area contributed by atoms with Crippen molar-refractivity contribution < 1.29 is 9.53 Å². The number of aliphatic imine (C=N–C) groups is 1. The lowest BCUT2D eigenvalue weighted by Gasteiger charge is -2.29. The van der Waals surface area contributed by atoms with Crippen LogP contribution in [0.1, 0.15) is 18.1 Å². The fourth-order valence-electron chi connectivity index (χ4n) is 4.00. The Morgan fingerprint density at radius 3 is 2.74 bits per heavy atom. The predicted octanol–water partition coefficient (Wildman–Crippen LogP) is 1.98. The first-order valence-corrected chi connectivity index (χ1v) is 9.45. The standard InChI is InChI=1S/C20H30N4O2.HI/c1-15-12-24(14-18(15)19(25)26-3)20(21-2)22-9-11-23-10-8-16-6-4-5-7-17(16)13-23;/h4-7,15,18H,8-14H2,1-3H3,(H,21,22);1H. The highest BCUT2D eigenvalue weighted by Gasteiger charge is 2.36. The zero-order valence-electron chi connectivity index (χ0n) is 16.5. The van der Waals surface area contributed by atoms with E-state index in [-0.39, 0.29) is 41.8 Å². The van der Waals surface area contributed by atoms with Crippen molar-refractivity contribution in [3.63, 3.8) is 0 Å². The minimum Gasteiger partial charge on any atom is -0.469 e. The van der Waals surface area contributed by atoms with E-state index in [0.717, 1.165) is 45.1 Å². The van der Waals surface area contributed by atoms with Crippen molar-refractivity contribution >= 4 is 35.9 Å². The maximum absolute atomic E-state index is 11.9. The molecular formula is C20H31IN4O2. The van der Waals surface area contributed by atoms with E-state index in [1.807, 2.05) is 0 Å². The van der Waals surface area contributed by atoms with Gasteiger partial charge in [0, 0.05) is 46.3 Å². The normalized spacial score (nSPS) is 22.8. The van der Waals surface area contributed by atoms with Gasteiger partial charge in [0.2, 0.25) is 0 Å². The van der Waals surface area contributed by atoms with Crippen LogP contribution in [-0.4, -0.2) is 68.6 Å². The number of rotatable bonds is 4. The van der Waals surface area contributed by atoms with Crippen LogP contribution in [0.4, 0.5) is 0 Å². The largest absolute Gasteiger partial charge is 0.469 e. The third-order valence-corrected chi connectivity index (χ3v) is 5.55. The van der Waals surface area contributed by atoms with E-state index in [2.05, 4.69) is 51.3 Å². The highest BCUT2D eigenvalue weighted by atomic mass is 127. The minimum atomic E-state index is -0.123. The number of nitrogens with one attached hydrogen (secondary N) is 1. The molecule has 1 aromatic rings. The van der Waals surface area contributed by atoms with Gasteiger partial charge in [0.05, 0.1) is 13.0 Å². The molecule has 1 aromatic carbocycles. The molecule has 2 heterocycles. The zero-order chi connectivity index (χ0) is 18.5. The summed E-state index contributed by atoms with van der Waals surface area (Å²) in [6.45, 7) is 7.55. The number of hydrogen-bond donors (Lipinski definition) is 1. The van der Waals surface area contributed by atoms with Gasteiger partial charge in [0.1, 0.15) is 0 Å². The number of hydrogen-bond acceptors (Lipinski definition) is 4. The Hall–Kier alpha value is -1.35. The number of halogens is 1. The number of carbonyl (C=O) groups excluding carboxylic acids is 1. The average molecular weight is 486 g/mol. The molecule has 0 aliphatic carbocycles. The molecule has 6 nitrogen and oxygen atoms in total. The monoisotopic (exact) mass is 486 g/mol. The number of nitrogens with zero attached hydrogens (tertiary/aromatic N) is 3. The smallest absolute Gasteiger partial charge is 0.310 e.